The van der Waals surface area contributed by atoms with Gasteiger partial charge in [-0.1, -0.05) is 78.3 Å². The summed E-state index contributed by atoms with van der Waals surface area (Å²) in [6, 6.07) is 32.8. The zero-order valence-corrected chi connectivity index (χ0v) is 23.9. The van der Waals surface area contributed by atoms with Crippen molar-refractivity contribution in [2.45, 2.75) is 26.5 Å². The number of carbonyl (C=O) groups is 1. The number of amides is 1. The van der Waals surface area contributed by atoms with E-state index in [1.54, 1.807) is 4.90 Å². The Hall–Kier alpha value is -4.00. The monoisotopic (exact) mass is 568 g/mol. The average molecular weight is 569 g/mol. The molecule has 1 atom stereocenters. The molecule has 0 spiro atoms. The van der Waals surface area contributed by atoms with E-state index in [2.05, 4.69) is 0 Å². The van der Waals surface area contributed by atoms with Crippen molar-refractivity contribution in [2.24, 2.45) is 4.99 Å². The third-order valence-corrected chi connectivity index (χ3v) is 7.60. The van der Waals surface area contributed by atoms with Gasteiger partial charge >= 0.3 is 0 Å². The van der Waals surface area contributed by atoms with E-state index in [-0.39, 0.29) is 11.9 Å². The fourth-order valence-corrected chi connectivity index (χ4v) is 5.49. The van der Waals surface area contributed by atoms with Crippen molar-refractivity contribution in [1.29, 1.82) is 0 Å². The Morgan fingerprint density at radius 2 is 1.60 bits per heavy atom. The van der Waals surface area contributed by atoms with Crippen molar-refractivity contribution in [1.82, 2.24) is 4.90 Å². The maximum Gasteiger partial charge on any atom is 0.267 e. The molecule has 40 heavy (non-hydrogen) atoms. The molecule has 0 radical (unpaired) electrons. The number of benzene rings is 4. The highest BCUT2D eigenvalue weighted by atomic mass is 35.5. The molecule has 0 saturated carbocycles. The maximum absolute atomic E-state index is 13.8. The Labute approximate surface area is 244 Å². The number of carbonyl (C=O) groups excluding carboxylic acids is 1. The minimum absolute atomic E-state index is 0.0861. The molecular formula is C33H29ClN2O3S. The Morgan fingerprint density at radius 3 is 2.30 bits per heavy atom. The molecule has 0 N–H and O–H groups in total. The second kappa shape index (κ2) is 12.9. The Morgan fingerprint density at radius 1 is 0.900 bits per heavy atom. The van der Waals surface area contributed by atoms with E-state index in [9.17, 15) is 4.79 Å². The lowest BCUT2D eigenvalue weighted by Gasteiger charge is -2.24. The molecule has 0 bridgehead atoms. The number of halogens is 1. The highest BCUT2D eigenvalue weighted by molar-refractivity contribution is 8.18. The number of rotatable bonds is 9. The van der Waals surface area contributed by atoms with Gasteiger partial charge in [0, 0.05) is 5.02 Å². The first-order valence-corrected chi connectivity index (χ1v) is 14.3. The lowest BCUT2D eigenvalue weighted by molar-refractivity contribution is -0.123. The summed E-state index contributed by atoms with van der Waals surface area (Å²) in [7, 11) is 0. The number of hydrogen-bond acceptors (Lipinski definition) is 5. The zero-order valence-electron chi connectivity index (χ0n) is 22.3. The van der Waals surface area contributed by atoms with Crippen LogP contribution < -0.4 is 9.47 Å². The Balaban J connectivity index is 1.43. The zero-order chi connectivity index (χ0) is 27.9. The van der Waals surface area contributed by atoms with Crippen LogP contribution in [-0.4, -0.2) is 22.6 Å². The highest BCUT2D eigenvalue weighted by Crippen LogP contribution is 2.40. The summed E-state index contributed by atoms with van der Waals surface area (Å²) in [5, 5.41) is 1.33. The van der Waals surface area contributed by atoms with Crippen molar-refractivity contribution in [2.75, 3.05) is 6.61 Å². The normalized spacial score (nSPS) is 16.0. The lowest BCUT2D eigenvalue weighted by Crippen LogP contribution is -2.32. The summed E-state index contributed by atoms with van der Waals surface area (Å²) in [6.45, 7) is 4.83. The first-order valence-electron chi connectivity index (χ1n) is 13.1. The molecular weight excluding hydrogens is 540 g/mol. The van der Waals surface area contributed by atoms with Crippen molar-refractivity contribution in [3.63, 3.8) is 0 Å². The van der Waals surface area contributed by atoms with Gasteiger partial charge in [-0.15, -0.1) is 0 Å². The van der Waals surface area contributed by atoms with Crippen molar-refractivity contribution >= 4 is 46.2 Å². The number of amidine groups is 1. The molecule has 1 saturated heterocycles. The van der Waals surface area contributed by atoms with Crippen LogP contribution in [0.1, 0.15) is 36.6 Å². The molecule has 202 valence electrons. The number of aliphatic imine (C=N–C) groups is 1. The van der Waals surface area contributed by atoms with Gasteiger partial charge in [-0.25, -0.2) is 4.99 Å². The van der Waals surface area contributed by atoms with Crippen LogP contribution in [0.4, 0.5) is 5.69 Å². The van der Waals surface area contributed by atoms with E-state index in [1.165, 1.54) is 11.8 Å². The van der Waals surface area contributed by atoms with Gasteiger partial charge in [0.15, 0.2) is 16.7 Å². The number of ether oxygens (including phenoxy) is 2. The quantitative estimate of drug-likeness (QED) is 0.189. The Kier molecular flexibility index (Phi) is 8.89. The fourth-order valence-electron chi connectivity index (χ4n) is 4.29. The SMILES string of the molecule is CCOc1cc(/C=C2/SC(=Nc3ccccc3)N([C@@H](C)c3ccccc3)C2=O)ccc1OCc1ccc(Cl)cc1. The van der Waals surface area contributed by atoms with Crippen LogP contribution in [0.15, 0.2) is 113 Å². The Bertz CT molecular complexity index is 1520. The molecule has 1 heterocycles. The molecule has 1 fully saturated rings. The lowest BCUT2D eigenvalue weighted by atomic mass is 10.1. The summed E-state index contributed by atoms with van der Waals surface area (Å²) in [6.07, 6.45) is 1.89. The molecule has 0 aromatic heterocycles. The predicted octanol–water partition coefficient (Wildman–Crippen LogP) is 8.68. The van der Waals surface area contributed by atoms with E-state index in [0.29, 0.717) is 39.8 Å². The summed E-state index contributed by atoms with van der Waals surface area (Å²) in [5.41, 5.74) is 3.68. The van der Waals surface area contributed by atoms with E-state index in [0.717, 1.165) is 22.4 Å². The van der Waals surface area contributed by atoms with Crippen molar-refractivity contribution < 1.29 is 14.3 Å². The van der Waals surface area contributed by atoms with Gasteiger partial charge in [-0.2, -0.15) is 0 Å². The van der Waals surface area contributed by atoms with E-state index in [4.69, 9.17) is 26.1 Å². The number of nitrogens with zero attached hydrogens (tertiary/aromatic N) is 2. The molecule has 5 nitrogen and oxygen atoms in total. The van der Waals surface area contributed by atoms with Crippen molar-refractivity contribution in [3.05, 3.63) is 130 Å². The third-order valence-electron chi connectivity index (χ3n) is 6.36. The maximum atomic E-state index is 13.8. The molecule has 5 rings (SSSR count). The fraction of sp³-hybridized carbons (Fsp3) is 0.152. The summed E-state index contributed by atoms with van der Waals surface area (Å²) >= 11 is 7.37. The standard InChI is InChI=1S/C33H29ClN2O3S/c1-3-38-30-20-25(16-19-29(30)39-22-24-14-17-27(34)18-15-24)21-31-32(37)36(23(2)26-10-6-4-7-11-26)33(40-31)35-28-12-8-5-9-13-28/h4-21,23H,3,22H2,1-2H3/b31-21+,35-33?/t23-/m0/s1. The van der Waals surface area contributed by atoms with E-state index < -0.39 is 0 Å². The second-order valence-corrected chi connectivity index (χ2v) is 10.6. The first-order chi connectivity index (χ1) is 19.5. The van der Waals surface area contributed by atoms with Gasteiger partial charge < -0.3 is 9.47 Å². The summed E-state index contributed by atoms with van der Waals surface area (Å²) in [4.78, 5) is 21.0. The third kappa shape index (κ3) is 6.58. The number of hydrogen-bond donors (Lipinski definition) is 0. The minimum atomic E-state index is -0.183. The highest BCUT2D eigenvalue weighted by Gasteiger charge is 2.37. The molecule has 0 aliphatic carbocycles. The van der Waals surface area contributed by atoms with Gasteiger partial charge in [-0.05, 0) is 84.8 Å². The van der Waals surface area contributed by atoms with Crippen LogP contribution in [0.3, 0.4) is 0 Å². The van der Waals surface area contributed by atoms with Crippen LogP contribution in [0, 0.1) is 0 Å². The molecule has 7 heteroatoms. The van der Waals surface area contributed by atoms with Gasteiger partial charge in [0.25, 0.3) is 5.91 Å². The van der Waals surface area contributed by atoms with Crippen LogP contribution in [0.5, 0.6) is 11.5 Å². The smallest absolute Gasteiger partial charge is 0.267 e. The van der Waals surface area contributed by atoms with Crippen LogP contribution in [0.2, 0.25) is 5.02 Å². The van der Waals surface area contributed by atoms with Gasteiger partial charge in [0.2, 0.25) is 0 Å². The molecule has 1 aliphatic rings. The predicted molar refractivity (Wildman–Crippen MR) is 164 cm³/mol. The van der Waals surface area contributed by atoms with Gasteiger partial charge in [-0.3, -0.25) is 9.69 Å². The second-order valence-electron chi connectivity index (χ2n) is 9.16. The number of thioether (sulfide) groups is 1. The molecule has 4 aromatic rings. The van der Waals surface area contributed by atoms with Gasteiger partial charge in [0.05, 0.1) is 23.2 Å². The minimum Gasteiger partial charge on any atom is -0.490 e. The first kappa shape index (κ1) is 27.6. The van der Waals surface area contributed by atoms with Gasteiger partial charge in [0.1, 0.15) is 6.61 Å². The van der Waals surface area contributed by atoms with E-state index >= 15 is 0 Å². The van der Waals surface area contributed by atoms with Crippen molar-refractivity contribution in [3.8, 4) is 11.5 Å². The molecule has 0 unspecified atom stereocenters. The van der Waals surface area contributed by atoms with Crippen LogP contribution >= 0.6 is 23.4 Å². The average Bonchev–Trinajstić information content (AvgIpc) is 3.28. The van der Waals surface area contributed by atoms with Crippen LogP contribution in [-0.2, 0) is 11.4 Å². The molecule has 4 aromatic carbocycles. The molecule has 1 amide bonds. The summed E-state index contributed by atoms with van der Waals surface area (Å²) in [5.74, 6) is 1.17. The van der Waals surface area contributed by atoms with E-state index in [1.807, 2.05) is 123 Å². The van der Waals surface area contributed by atoms with Crippen LogP contribution in [0.25, 0.3) is 6.08 Å². The largest absolute Gasteiger partial charge is 0.490 e. The summed E-state index contributed by atoms with van der Waals surface area (Å²) < 4.78 is 11.9. The topological polar surface area (TPSA) is 51.1 Å². The number of para-hydroxylation sites is 1. The molecule has 1 aliphatic heterocycles.